The Bertz CT molecular complexity index is 1350. The molecular weight excluding hydrogens is 461 g/mol. The normalized spacial score (nSPS) is 17.6. The molecule has 6 rings (SSSR count). The van der Waals surface area contributed by atoms with Crippen LogP contribution in [-0.4, -0.2) is 73.8 Å². The molecule has 4 heterocycles. The predicted molar refractivity (Wildman–Crippen MR) is 136 cm³/mol. The molecule has 188 valence electrons. The number of aromatic nitrogens is 3. The number of anilines is 1. The zero-order valence-corrected chi connectivity index (χ0v) is 20.6. The fraction of sp³-hybridized carbons (Fsp3) is 0.407. The quantitative estimate of drug-likeness (QED) is 0.379. The van der Waals surface area contributed by atoms with Crippen LogP contribution in [0.1, 0.15) is 12.8 Å². The maximum atomic E-state index is 14.6. The van der Waals surface area contributed by atoms with Crippen molar-refractivity contribution in [2.24, 2.45) is 5.41 Å². The van der Waals surface area contributed by atoms with Gasteiger partial charge in [0, 0.05) is 62.1 Å². The molecule has 2 aromatic heterocycles. The first kappa shape index (κ1) is 23.0. The maximum absolute atomic E-state index is 14.6. The van der Waals surface area contributed by atoms with Gasteiger partial charge in [-0.2, -0.15) is 5.10 Å². The number of ether oxygens (including phenoxy) is 2. The smallest absolute Gasteiger partial charge is 0.188 e. The molecule has 9 heteroatoms. The van der Waals surface area contributed by atoms with Gasteiger partial charge < -0.3 is 23.8 Å². The summed E-state index contributed by atoms with van der Waals surface area (Å²) in [5.41, 5.74) is 4.61. The van der Waals surface area contributed by atoms with Gasteiger partial charge in [0.25, 0.3) is 0 Å². The zero-order chi connectivity index (χ0) is 24.7. The van der Waals surface area contributed by atoms with Crippen molar-refractivity contribution in [2.45, 2.75) is 12.8 Å². The molecule has 0 amide bonds. The maximum Gasteiger partial charge on any atom is 0.188 e. The van der Waals surface area contributed by atoms with Crippen LogP contribution in [0, 0.1) is 11.2 Å². The molecule has 2 saturated heterocycles. The molecule has 4 aromatic rings. The Hall–Kier alpha value is -3.43. The number of nitrogens with zero attached hydrogens (tertiary/aromatic N) is 4. The summed E-state index contributed by atoms with van der Waals surface area (Å²) in [5.74, 6) is 0.154. The van der Waals surface area contributed by atoms with Crippen molar-refractivity contribution >= 4 is 16.6 Å². The Labute approximate surface area is 209 Å². The number of likely N-dealkylation sites (tertiary alicyclic amines) is 1. The molecule has 2 aliphatic rings. The lowest BCUT2D eigenvalue weighted by Gasteiger charge is -2.53. The highest BCUT2D eigenvalue weighted by Crippen LogP contribution is 2.40. The van der Waals surface area contributed by atoms with Crippen LogP contribution in [0.3, 0.4) is 0 Å². The molecule has 36 heavy (non-hydrogen) atoms. The fourth-order valence-electron chi connectivity index (χ4n) is 5.57. The molecule has 0 aliphatic carbocycles. The standard InChI is InChI=1S/C27H30FN5O3/c1-32-16-27(17-32)7-9-33(10-8-27)19-5-3-18(4-6-19)22-14-25(36-31-22)26-20-13-21(28)24(35-12-11-34-2)15-23(20)29-30-26/h3-6,13-15H,7-12,16-17H2,1-2H3,(H,29,30). The number of hydrogen-bond donors (Lipinski definition) is 1. The first-order valence-electron chi connectivity index (χ1n) is 12.3. The van der Waals surface area contributed by atoms with Gasteiger partial charge in [0.2, 0.25) is 0 Å². The van der Waals surface area contributed by atoms with Gasteiger partial charge in [0.05, 0.1) is 12.1 Å². The molecule has 0 radical (unpaired) electrons. The Morgan fingerprint density at radius 2 is 1.86 bits per heavy atom. The molecule has 0 atom stereocenters. The van der Waals surface area contributed by atoms with Crippen molar-refractivity contribution in [1.82, 2.24) is 20.3 Å². The summed E-state index contributed by atoms with van der Waals surface area (Å²) < 4.78 is 30.6. The Morgan fingerprint density at radius 1 is 1.08 bits per heavy atom. The predicted octanol–water partition coefficient (Wildman–Crippen LogP) is 4.58. The van der Waals surface area contributed by atoms with Gasteiger partial charge in [-0.05, 0) is 43.5 Å². The van der Waals surface area contributed by atoms with Crippen LogP contribution in [0.25, 0.3) is 33.6 Å². The number of rotatable bonds is 7. The lowest BCUT2D eigenvalue weighted by molar-refractivity contribution is 0.00132. The van der Waals surface area contributed by atoms with E-state index in [-0.39, 0.29) is 12.4 Å². The van der Waals surface area contributed by atoms with Crippen molar-refractivity contribution in [3.8, 4) is 28.5 Å². The van der Waals surface area contributed by atoms with Gasteiger partial charge in [-0.25, -0.2) is 4.39 Å². The summed E-state index contributed by atoms with van der Waals surface area (Å²) in [6.07, 6.45) is 2.51. The Morgan fingerprint density at radius 3 is 2.58 bits per heavy atom. The average Bonchev–Trinajstić information content (AvgIpc) is 3.51. The minimum absolute atomic E-state index is 0.150. The molecule has 2 fully saturated rings. The number of halogens is 1. The van der Waals surface area contributed by atoms with Gasteiger partial charge in [0.1, 0.15) is 18.0 Å². The van der Waals surface area contributed by atoms with E-state index in [0.29, 0.717) is 40.1 Å². The summed E-state index contributed by atoms with van der Waals surface area (Å²) in [7, 11) is 3.77. The number of piperidine rings is 1. The molecular formula is C27H30FN5O3. The molecule has 0 unspecified atom stereocenters. The van der Waals surface area contributed by atoms with E-state index in [1.807, 2.05) is 6.07 Å². The van der Waals surface area contributed by atoms with Gasteiger partial charge in [-0.15, -0.1) is 0 Å². The summed E-state index contributed by atoms with van der Waals surface area (Å²) in [6, 6.07) is 13.3. The van der Waals surface area contributed by atoms with E-state index in [2.05, 4.69) is 56.5 Å². The van der Waals surface area contributed by atoms with Crippen LogP contribution in [0.5, 0.6) is 5.75 Å². The number of nitrogens with one attached hydrogen (secondary N) is 1. The second-order valence-corrected chi connectivity index (χ2v) is 10.0. The van der Waals surface area contributed by atoms with E-state index in [4.69, 9.17) is 14.0 Å². The van der Waals surface area contributed by atoms with Gasteiger partial charge >= 0.3 is 0 Å². The zero-order valence-electron chi connectivity index (χ0n) is 20.6. The highest BCUT2D eigenvalue weighted by atomic mass is 19.1. The molecule has 1 spiro atoms. The minimum Gasteiger partial charge on any atom is -0.488 e. The van der Waals surface area contributed by atoms with Crippen LogP contribution in [0.4, 0.5) is 10.1 Å². The lowest BCUT2D eigenvalue weighted by atomic mass is 9.72. The van der Waals surface area contributed by atoms with E-state index in [1.54, 1.807) is 13.2 Å². The molecule has 0 bridgehead atoms. The number of H-pyrrole nitrogens is 1. The summed E-state index contributed by atoms with van der Waals surface area (Å²) >= 11 is 0. The topological polar surface area (TPSA) is 79.7 Å². The van der Waals surface area contributed by atoms with Crippen molar-refractivity contribution in [3.05, 3.63) is 48.3 Å². The monoisotopic (exact) mass is 491 g/mol. The van der Waals surface area contributed by atoms with Gasteiger partial charge in [-0.1, -0.05) is 17.3 Å². The van der Waals surface area contributed by atoms with Crippen molar-refractivity contribution in [1.29, 1.82) is 0 Å². The largest absolute Gasteiger partial charge is 0.488 e. The summed E-state index contributed by atoms with van der Waals surface area (Å²) in [6.45, 7) is 5.31. The number of methoxy groups -OCH3 is 1. The molecule has 2 aromatic carbocycles. The van der Waals surface area contributed by atoms with Gasteiger partial charge in [-0.3, -0.25) is 5.10 Å². The third kappa shape index (κ3) is 4.22. The molecule has 1 N–H and O–H groups in total. The average molecular weight is 492 g/mol. The van der Waals surface area contributed by atoms with E-state index in [1.165, 1.54) is 37.7 Å². The van der Waals surface area contributed by atoms with E-state index in [0.717, 1.165) is 18.7 Å². The lowest BCUT2D eigenvalue weighted by Crippen LogP contribution is -2.58. The Kier molecular flexibility index (Phi) is 5.89. The molecule has 2 aliphatic heterocycles. The highest BCUT2D eigenvalue weighted by Gasteiger charge is 2.43. The van der Waals surface area contributed by atoms with Crippen molar-refractivity contribution in [2.75, 3.05) is 58.5 Å². The van der Waals surface area contributed by atoms with Crippen LogP contribution in [-0.2, 0) is 4.74 Å². The van der Waals surface area contributed by atoms with Gasteiger partial charge in [0.15, 0.2) is 17.3 Å². The van der Waals surface area contributed by atoms with Crippen molar-refractivity contribution < 1.29 is 18.4 Å². The fourth-order valence-corrected chi connectivity index (χ4v) is 5.57. The number of hydrogen-bond acceptors (Lipinski definition) is 7. The number of aromatic amines is 1. The van der Waals surface area contributed by atoms with Crippen molar-refractivity contribution in [3.63, 3.8) is 0 Å². The third-order valence-electron chi connectivity index (χ3n) is 7.47. The first-order valence-corrected chi connectivity index (χ1v) is 12.3. The first-order chi connectivity index (χ1) is 17.5. The third-order valence-corrected chi connectivity index (χ3v) is 7.47. The van der Waals surface area contributed by atoms with E-state index >= 15 is 0 Å². The van der Waals surface area contributed by atoms with E-state index in [9.17, 15) is 4.39 Å². The highest BCUT2D eigenvalue weighted by molar-refractivity contribution is 5.93. The van der Waals surface area contributed by atoms with E-state index < -0.39 is 5.82 Å². The summed E-state index contributed by atoms with van der Waals surface area (Å²) in [4.78, 5) is 4.88. The Balaban J connectivity index is 1.16. The SMILES string of the molecule is COCCOc1cc2[nH]nc(-c3cc(-c4ccc(N5CCC6(CC5)CN(C)C6)cc4)no3)c2cc1F. The molecule has 0 saturated carbocycles. The number of fused-ring (bicyclic) bond motifs is 1. The second-order valence-electron chi connectivity index (χ2n) is 10.0. The van der Waals surface area contributed by atoms with Crippen LogP contribution >= 0.6 is 0 Å². The number of benzene rings is 2. The van der Waals surface area contributed by atoms with Crippen LogP contribution in [0.2, 0.25) is 0 Å². The minimum atomic E-state index is -0.468. The molecule has 8 nitrogen and oxygen atoms in total. The van der Waals surface area contributed by atoms with Crippen LogP contribution in [0.15, 0.2) is 47.0 Å². The van der Waals surface area contributed by atoms with Crippen LogP contribution < -0.4 is 9.64 Å². The second kappa shape index (κ2) is 9.22. The summed E-state index contributed by atoms with van der Waals surface area (Å²) in [5, 5.41) is 12.1.